The monoisotopic (exact) mass is 484 g/mol. The number of hydrogen-bond donors (Lipinski definition) is 0. The lowest BCUT2D eigenvalue weighted by atomic mass is 10.0. The molecule has 4 rings (SSSR count). The van der Waals surface area contributed by atoms with Crippen LogP contribution in [0.5, 0.6) is 5.75 Å². The van der Waals surface area contributed by atoms with Crippen molar-refractivity contribution < 1.29 is 17.9 Å². The first-order chi connectivity index (χ1) is 16.3. The highest BCUT2D eigenvalue weighted by Gasteiger charge is 2.33. The van der Waals surface area contributed by atoms with E-state index in [0.29, 0.717) is 53.2 Å². The average molecular weight is 485 g/mol. The predicted molar refractivity (Wildman–Crippen MR) is 133 cm³/mol. The van der Waals surface area contributed by atoms with E-state index >= 15 is 0 Å². The van der Waals surface area contributed by atoms with Crippen LogP contribution < -0.4 is 4.74 Å². The van der Waals surface area contributed by atoms with Gasteiger partial charge in [0.15, 0.2) is 15.5 Å². The van der Waals surface area contributed by atoms with E-state index < -0.39 is 9.84 Å². The van der Waals surface area contributed by atoms with Gasteiger partial charge in [-0.2, -0.15) is 5.10 Å². The summed E-state index contributed by atoms with van der Waals surface area (Å²) in [4.78, 5) is 20.5. The number of methoxy groups -OCH3 is 1. The van der Waals surface area contributed by atoms with Crippen molar-refractivity contribution in [1.82, 2.24) is 19.7 Å². The molecule has 182 valence electrons. The number of fused-ring (bicyclic) bond motifs is 1. The van der Waals surface area contributed by atoms with Crippen molar-refractivity contribution >= 4 is 26.8 Å². The smallest absolute Gasteiger partial charge is 0.254 e. The largest absolute Gasteiger partial charge is 0.497 e. The Morgan fingerprint density at radius 2 is 2.06 bits per heavy atom. The molecular weight excluding hydrogens is 452 g/mol. The van der Waals surface area contributed by atoms with Crippen LogP contribution in [0.25, 0.3) is 22.3 Å². The Morgan fingerprint density at radius 3 is 2.71 bits per heavy atom. The fourth-order valence-corrected chi connectivity index (χ4v) is 6.25. The highest BCUT2D eigenvalue weighted by molar-refractivity contribution is 7.91. The fourth-order valence-electron chi connectivity index (χ4n) is 4.56. The Kier molecular flexibility index (Phi) is 6.93. The third kappa shape index (κ3) is 4.66. The van der Waals surface area contributed by atoms with Crippen molar-refractivity contribution in [3.63, 3.8) is 0 Å². The van der Waals surface area contributed by atoms with Crippen molar-refractivity contribution in [1.29, 1.82) is 0 Å². The number of sulfone groups is 1. The van der Waals surface area contributed by atoms with Gasteiger partial charge in [-0.1, -0.05) is 25.5 Å². The number of hydrogen-bond acceptors (Lipinski definition) is 6. The molecule has 1 unspecified atom stereocenters. The molecule has 1 saturated heterocycles. The first kappa shape index (κ1) is 24.2. The van der Waals surface area contributed by atoms with E-state index in [4.69, 9.17) is 14.8 Å². The maximum atomic E-state index is 13.7. The Hall–Kier alpha value is -2.94. The second-order valence-corrected chi connectivity index (χ2v) is 11.0. The number of nitrogens with zero attached hydrogens (tertiary/aromatic N) is 4. The quantitative estimate of drug-likeness (QED) is 0.479. The van der Waals surface area contributed by atoms with E-state index in [2.05, 4.69) is 6.92 Å². The number of ether oxygens (including phenoxy) is 1. The first-order valence-corrected chi connectivity index (χ1v) is 13.6. The normalized spacial score (nSPS) is 17.2. The maximum absolute atomic E-state index is 13.7. The second-order valence-electron chi connectivity index (χ2n) is 8.81. The molecule has 1 fully saturated rings. The molecule has 1 aliphatic heterocycles. The molecule has 1 atom stereocenters. The van der Waals surface area contributed by atoms with E-state index in [1.54, 1.807) is 11.8 Å². The van der Waals surface area contributed by atoms with Gasteiger partial charge in [-0.05, 0) is 44.9 Å². The summed E-state index contributed by atoms with van der Waals surface area (Å²) >= 11 is 0. The molecule has 1 aliphatic rings. The Balaban J connectivity index is 1.92. The molecule has 0 spiro atoms. The number of aromatic nitrogens is 3. The zero-order valence-electron chi connectivity index (χ0n) is 20.2. The SMILES string of the molecule is CCCCN(CC)C(=O)c1cc(-c2cccc(OC)c2)nc2c1c(C)nn2C1CCS(=O)(=O)C1. The van der Waals surface area contributed by atoms with Crippen LogP contribution in [-0.4, -0.2) is 65.7 Å². The molecule has 0 aliphatic carbocycles. The molecule has 2 aromatic heterocycles. The number of benzene rings is 1. The molecule has 1 aromatic carbocycles. The number of aryl methyl sites for hydroxylation is 1. The molecule has 0 N–H and O–H groups in total. The molecule has 0 radical (unpaired) electrons. The predicted octanol–water partition coefficient (Wildman–Crippen LogP) is 4.04. The van der Waals surface area contributed by atoms with Gasteiger partial charge in [-0.3, -0.25) is 4.79 Å². The number of pyridine rings is 1. The average Bonchev–Trinajstić information content (AvgIpc) is 3.37. The zero-order valence-corrected chi connectivity index (χ0v) is 21.1. The number of rotatable bonds is 8. The Labute approximate surface area is 200 Å². The number of carbonyl (C=O) groups is 1. The molecule has 9 heteroatoms. The van der Waals surface area contributed by atoms with Crippen LogP contribution in [0.4, 0.5) is 0 Å². The summed E-state index contributed by atoms with van der Waals surface area (Å²) in [6.45, 7) is 7.22. The Bertz CT molecular complexity index is 1320. The summed E-state index contributed by atoms with van der Waals surface area (Å²) in [5.41, 5.74) is 3.22. The van der Waals surface area contributed by atoms with Gasteiger partial charge < -0.3 is 9.64 Å². The van der Waals surface area contributed by atoms with Crippen LogP contribution in [0.15, 0.2) is 30.3 Å². The lowest BCUT2D eigenvalue weighted by Crippen LogP contribution is -2.32. The van der Waals surface area contributed by atoms with Crippen molar-refractivity contribution in [3.8, 4) is 17.0 Å². The zero-order chi connectivity index (χ0) is 24.5. The highest BCUT2D eigenvalue weighted by Crippen LogP contribution is 2.33. The van der Waals surface area contributed by atoms with E-state index in [0.717, 1.165) is 18.4 Å². The number of carbonyl (C=O) groups excluding carboxylic acids is 1. The third-order valence-corrected chi connectivity index (χ3v) is 8.19. The summed E-state index contributed by atoms with van der Waals surface area (Å²) < 4.78 is 31.5. The van der Waals surface area contributed by atoms with E-state index in [-0.39, 0.29) is 23.5 Å². The minimum absolute atomic E-state index is 0.0369. The van der Waals surface area contributed by atoms with Gasteiger partial charge in [0.05, 0.1) is 47.0 Å². The second kappa shape index (κ2) is 9.74. The van der Waals surface area contributed by atoms with Gasteiger partial charge in [0.1, 0.15) is 5.75 Å². The summed E-state index contributed by atoms with van der Waals surface area (Å²) in [5.74, 6) is 0.807. The van der Waals surface area contributed by atoms with Gasteiger partial charge in [0.2, 0.25) is 0 Å². The minimum atomic E-state index is -3.11. The maximum Gasteiger partial charge on any atom is 0.254 e. The summed E-state index contributed by atoms with van der Waals surface area (Å²) in [6, 6.07) is 9.08. The molecule has 0 saturated carbocycles. The van der Waals surface area contributed by atoms with Gasteiger partial charge in [0.25, 0.3) is 5.91 Å². The minimum Gasteiger partial charge on any atom is -0.497 e. The van der Waals surface area contributed by atoms with E-state index in [1.165, 1.54) is 0 Å². The van der Waals surface area contributed by atoms with Gasteiger partial charge in [-0.15, -0.1) is 0 Å². The summed E-state index contributed by atoms with van der Waals surface area (Å²) in [5, 5.41) is 5.38. The topological polar surface area (TPSA) is 94.4 Å². The molecule has 0 bridgehead atoms. The van der Waals surface area contributed by atoms with E-state index in [1.807, 2.05) is 49.1 Å². The lowest BCUT2D eigenvalue weighted by molar-refractivity contribution is 0.0764. The van der Waals surface area contributed by atoms with Crippen molar-refractivity contribution in [2.45, 2.75) is 46.1 Å². The fraction of sp³-hybridized carbons (Fsp3) is 0.480. The molecular formula is C25H32N4O4S. The number of amides is 1. The van der Waals surface area contributed by atoms with Crippen molar-refractivity contribution in [3.05, 3.63) is 41.6 Å². The molecule has 1 amide bonds. The van der Waals surface area contributed by atoms with Crippen LogP contribution in [0, 0.1) is 6.92 Å². The van der Waals surface area contributed by atoms with Gasteiger partial charge in [-0.25, -0.2) is 18.1 Å². The molecule has 34 heavy (non-hydrogen) atoms. The van der Waals surface area contributed by atoms with Gasteiger partial charge in [0, 0.05) is 18.7 Å². The first-order valence-electron chi connectivity index (χ1n) is 11.8. The van der Waals surface area contributed by atoms with Crippen LogP contribution in [0.2, 0.25) is 0 Å². The van der Waals surface area contributed by atoms with Crippen molar-refractivity contribution in [2.24, 2.45) is 0 Å². The molecule has 8 nitrogen and oxygen atoms in total. The van der Waals surface area contributed by atoms with E-state index in [9.17, 15) is 13.2 Å². The lowest BCUT2D eigenvalue weighted by Gasteiger charge is -2.21. The van der Waals surface area contributed by atoms with Crippen LogP contribution in [0.3, 0.4) is 0 Å². The van der Waals surface area contributed by atoms with Crippen molar-refractivity contribution in [2.75, 3.05) is 31.7 Å². The molecule has 3 heterocycles. The number of unbranched alkanes of at least 4 members (excludes halogenated alkanes) is 1. The van der Waals surface area contributed by atoms with Crippen LogP contribution >= 0.6 is 0 Å². The van der Waals surface area contributed by atoms with Crippen LogP contribution in [0.1, 0.15) is 55.2 Å². The third-order valence-electron chi connectivity index (χ3n) is 6.44. The molecule has 3 aromatic rings. The highest BCUT2D eigenvalue weighted by atomic mass is 32.2. The summed E-state index contributed by atoms with van der Waals surface area (Å²) in [6.07, 6.45) is 2.41. The standard InChI is InChI=1S/C25H32N4O4S/c1-5-7-12-28(6-2)25(30)21-15-22(18-9-8-10-20(14-18)33-4)26-24-23(21)17(3)27-29(24)19-11-13-34(31,32)16-19/h8-10,14-15,19H,5-7,11-13,16H2,1-4H3. The van der Waals surface area contributed by atoms with Gasteiger partial charge >= 0.3 is 0 Å². The summed E-state index contributed by atoms with van der Waals surface area (Å²) in [7, 11) is -1.50. The van der Waals surface area contributed by atoms with Crippen LogP contribution in [-0.2, 0) is 9.84 Å². The Morgan fingerprint density at radius 1 is 1.26 bits per heavy atom.